The lowest BCUT2D eigenvalue weighted by molar-refractivity contribution is 0.180. The molecule has 0 aliphatic carbocycles. The molecule has 0 spiro atoms. The molecule has 0 unspecified atom stereocenters. The normalized spacial score (nSPS) is 21.0. The van der Waals surface area contributed by atoms with Gasteiger partial charge in [0.1, 0.15) is 11.5 Å². The minimum atomic E-state index is 0. The zero-order valence-corrected chi connectivity index (χ0v) is 17.2. The summed E-state index contributed by atoms with van der Waals surface area (Å²) in [7, 11) is 0. The van der Waals surface area contributed by atoms with Gasteiger partial charge in [-0.3, -0.25) is 4.68 Å². The van der Waals surface area contributed by atoms with Crippen molar-refractivity contribution in [1.29, 1.82) is 0 Å². The summed E-state index contributed by atoms with van der Waals surface area (Å²) in [6, 6.07) is 4.35. The lowest BCUT2D eigenvalue weighted by Crippen LogP contribution is -2.28. The summed E-state index contributed by atoms with van der Waals surface area (Å²) in [6.45, 7) is 6.04. The van der Waals surface area contributed by atoms with Crippen molar-refractivity contribution in [3.8, 4) is 11.5 Å². The van der Waals surface area contributed by atoms with Crippen LogP contribution >= 0.6 is 24.8 Å². The van der Waals surface area contributed by atoms with Crippen LogP contribution in [0.4, 0.5) is 0 Å². The highest BCUT2D eigenvalue weighted by atomic mass is 35.5. The summed E-state index contributed by atoms with van der Waals surface area (Å²) >= 11 is 0. The molecular weight excluding hydrogens is 403 g/mol. The first-order chi connectivity index (χ1) is 12.8. The van der Waals surface area contributed by atoms with Crippen LogP contribution in [0.1, 0.15) is 23.2 Å². The number of rotatable bonds is 4. The van der Waals surface area contributed by atoms with Crippen LogP contribution in [0.15, 0.2) is 29.0 Å². The molecule has 0 radical (unpaired) electrons. The quantitative estimate of drug-likeness (QED) is 0.689. The molecule has 0 bridgehead atoms. The lowest BCUT2D eigenvalue weighted by atomic mass is 9.98. The van der Waals surface area contributed by atoms with Gasteiger partial charge in [-0.2, -0.15) is 5.10 Å². The molecule has 10 heteroatoms. The Kier molecular flexibility index (Phi) is 6.44. The van der Waals surface area contributed by atoms with Crippen molar-refractivity contribution >= 4 is 24.8 Å². The highest BCUT2D eigenvalue weighted by molar-refractivity contribution is 5.85. The Bertz CT molecular complexity index is 897. The Labute approximate surface area is 175 Å². The third kappa shape index (κ3) is 3.82. The SMILES string of the molecule is Cc1cc(C[C@@H]2COC[C@@H]2n2ccnc2-c2cc3n(n2)CCNC3)on1.Cl.Cl. The Hall–Kier alpha value is -1.87. The first-order valence-corrected chi connectivity index (χ1v) is 9.08. The number of aryl methyl sites for hydroxylation is 1. The number of imidazole rings is 1. The number of hydrogen-bond donors (Lipinski definition) is 1. The second-order valence-electron chi connectivity index (χ2n) is 7.08. The minimum Gasteiger partial charge on any atom is -0.379 e. The topological polar surface area (TPSA) is 82.9 Å². The molecular formula is C18H24Cl2N6O2. The van der Waals surface area contributed by atoms with E-state index in [1.807, 2.05) is 25.4 Å². The summed E-state index contributed by atoms with van der Waals surface area (Å²) in [5, 5.41) is 12.1. The molecule has 1 fully saturated rings. The average Bonchev–Trinajstić information content (AvgIpc) is 3.40. The predicted molar refractivity (Wildman–Crippen MR) is 108 cm³/mol. The Morgan fingerprint density at radius 2 is 2.14 bits per heavy atom. The minimum absolute atomic E-state index is 0. The van der Waals surface area contributed by atoms with Gasteiger partial charge in [-0.1, -0.05) is 5.16 Å². The largest absolute Gasteiger partial charge is 0.379 e. The van der Waals surface area contributed by atoms with Crippen LogP contribution in [0, 0.1) is 12.8 Å². The van der Waals surface area contributed by atoms with Crippen LogP contribution in [-0.2, 0) is 24.2 Å². The van der Waals surface area contributed by atoms with Crippen molar-refractivity contribution < 1.29 is 9.26 Å². The Balaban J connectivity index is 0.00000112. The van der Waals surface area contributed by atoms with E-state index in [0.29, 0.717) is 19.1 Å². The van der Waals surface area contributed by atoms with Crippen LogP contribution in [0.25, 0.3) is 11.5 Å². The van der Waals surface area contributed by atoms with Gasteiger partial charge in [0.05, 0.1) is 37.2 Å². The Morgan fingerprint density at radius 1 is 1.25 bits per heavy atom. The van der Waals surface area contributed by atoms with E-state index in [-0.39, 0.29) is 30.9 Å². The molecule has 152 valence electrons. The third-order valence-electron chi connectivity index (χ3n) is 5.23. The van der Waals surface area contributed by atoms with Crippen molar-refractivity contribution in [3.05, 3.63) is 41.7 Å². The van der Waals surface area contributed by atoms with Gasteiger partial charge < -0.3 is 19.1 Å². The van der Waals surface area contributed by atoms with Crippen LogP contribution in [0.2, 0.25) is 0 Å². The molecule has 0 amide bonds. The third-order valence-corrected chi connectivity index (χ3v) is 5.23. The van der Waals surface area contributed by atoms with Gasteiger partial charge in [-0.05, 0) is 13.0 Å². The van der Waals surface area contributed by atoms with Crippen LogP contribution in [-0.4, -0.2) is 44.2 Å². The highest BCUT2D eigenvalue weighted by Gasteiger charge is 2.32. The fourth-order valence-corrected chi connectivity index (χ4v) is 3.94. The van der Waals surface area contributed by atoms with E-state index in [4.69, 9.17) is 14.4 Å². The molecule has 5 rings (SSSR count). The molecule has 28 heavy (non-hydrogen) atoms. The molecule has 1 N–H and O–H groups in total. The maximum atomic E-state index is 5.80. The predicted octanol–water partition coefficient (Wildman–Crippen LogP) is 2.42. The van der Waals surface area contributed by atoms with Crippen LogP contribution in [0.5, 0.6) is 0 Å². The number of hydrogen-bond acceptors (Lipinski definition) is 6. The number of ether oxygens (including phenoxy) is 1. The standard InChI is InChI=1S/C18H22N6O2.2ClH/c1-12-6-15(26-22-12)7-13-10-25-11-17(13)23-4-3-20-18(23)16-8-14-9-19-2-5-24(14)21-16;;/h3-4,6,8,13,17,19H,2,5,7,9-11H2,1H3;2*1H/t13-,17+;;/m1../s1. The van der Waals surface area contributed by atoms with Gasteiger partial charge in [-0.15, -0.1) is 24.8 Å². The van der Waals surface area contributed by atoms with Crippen molar-refractivity contribution in [2.24, 2.45) is 5.92 Å². The highest BCUT2D eigenvalue weighted by Crippen LogP contribution is 2.32. The summed E-state index contributed by atoms with van der Waals surface area (Å²) in [5.41, 5.74) is 3.04. The molecule has 3 aromatic heterocycles. The maximum absolute atomic E-state index is 5.80. The maximum Gasteiger partial charge on any atom is 0.160 e. The molecule has 2 aliphatic rings. The van der Waals surface area contributed by atoms with Crippen molar-refractivity contribution in [2.75, 3.05) is 19.8 Å². The van der Waals surface area contributed by atoms with Gasteiger partial charge in [-0.25, -0.2) is 4.98 Å². The first-order valence-electron chi connectivity index (χ1n) is 9.08. The summed E-state index contributed by atoms with van der Waals surface area (Å²) in [5.74, 6) is 2.14. The second kappa shape index (κ2) is 8.65. The second-order valence-corrected chi connectivity index (χ2v) is 7.08. The molecule has 2 aliphatic heterocycles. The fraction of sp³-hybridized carbons (Fsp3) is 0.500. The van der Waals surface area contributed by atoms with Gasteiger partial charge >= 0.3 is 0 Å². The van der Waals surface area contributed by atoms with Gasteiger partial charge in [0.25, 0.3) is 0 Å². The zero-order chi connectivity index (χ0) is 17.5. The summed E-state index contributed by atoms with van der Waals surface area (Å²) in [4.78, 5) is 4.60. The Morgan fingerprint density at radius 3 is 2.93 bits per heavy atom. The first kappa shape index (κ1) is 20.9. The van der Waals surface area contributed by atoms with E-state index in [1.54, 1.807) is 0 Å². The van der Waals surface area contributed by atoms with Crippen molar-refractivity contribution in [3.63, 3.8) is 0 Å². The average molecular weight is 427 g/mol. The van der Waals surface area contributed by atoms with Crippen molar-refractivity contribution in [1.82, 2.24) is 29.8 Å². The molecule has 0 aromatic carbocycles. The molecule has 2 atom stereocenters. The summed E-state index contributed by atoms with van der Waals surface area (Å²) < 4.78 is 15.5. The fourth-order valence-electron chi connectivity index (χ4n) is 3.94. The molecule has 1 saturated heterocycles. The number of halogens is 2. The molecule has 3 aromatic rings. The van der Waals surface area contributed by atoms with Gasteiger partial charge in [0.15, 0.2) is 5.82 Å². The van der Waals surface area contributed by atoms with E-state index >= 15 is 0 Å². The zero-order valence-electron chi connectivity index (χ0n) is 15.6. The monoisotopic (exact) mass is 426 g/mol. The van der Waals surface area contributed by atoms with Crippen molar-refractivity contribution in [2.45, 2.75) is 32.5 Å². The number of aromatic nitrogens is 5. The molecule has 8 nitrogen and oxygen atoms in total. The lowest BCUT2D eigenvalue weighted by Gasteiger charge is -2.19. The van der Waals surface area contributed by atoms with Gasteiger partial charge in [0.2, 0.25) is 0 Å². The van der Waals surface area contributed by atoms with Crippen LogP contribution < -0.4 is 5.32 Å². The van der Waals surface area contributed by atoms with E-state index in [2.05, 4.69) is 30.8 Å². The van der Waals surface area contributed by atoms with E-state index in [9.17, 15) is 0 Å². The van der Waals surface area contributed by atoms with E-state index in [1.165, 1.54) is 5.69 Å². The molecule has 5 heterocycles. The van der Waals surface area contributed by atoms with E-state index < -0.39 is 0 Å². The molecule has 0 saturated carbocycles. The van der Waals surface area contributed by atoms with Gasteiger partial charge in [0, 0.05) is 43.9 Å². The number of fused-ring (bicyclic) bond motifs is 1. The summed E-state index contributed by atoms with van der Waals surface area (Å²) in [6.07, 6.45) is 4.69. The van der Waals surface area contributed by atoms with E-state index in [0.717, 1.165) is 49.0 Å². The smallest absolute Gasteiger partial charge is 0.160 e. The van der Waals surface area contributed by atoms with Crippen LogP contribution in [0.3, 0.4) is 0 Å². The number of nitrogens with zero attached hydrogens (tertiary/aromatic N) is 5. The number of nitrogens with one attached hydrogen (secondary N) is 1.